The van der Waals surface area contributed by atoms with E-state index >= 15 is 0 Å². The molecule has 5 nitrogen and oxygen atoms in total. The number of quaternary nitrogens is 1. The molecule has 1 aliphatic heterocycles. The molecule has 0 spiro atoms. The molecule has 2 N–H and O–H groups in total. The fraction of sp³-hybridized carbons (Fsp3) is 0. The van der Waals surface area contributed by atoms with Crippen LogP contribution in [0.3, 0.4) is 0 Å². The van der Waals surface area contributed by atoms with E-state index in [-0.39, 0.29) is 0 Å². The zero-order valence-corrected chi connectivity index (χ0v) is 6.71. The number of hydrogen-bond acceptors (Lipinski definition) is 3. The summed E-state index contributed by atoms with van der Waals surface area (Å²) in [5.74, 6) is 0. The normalized spacial score (nSPS) is 11.4. The standard InChI is InChI=1S/C8H7N.NO3/c1-2-4-8-7(3-1)5-6-9-8;2-1(3)4/h1-6,9H;/q;-1/p+1. The van der Waals surface area contributed by atoms with Crippen LogP contribution in [0.25, 0.3) is 6.08 Å². The number of hydrogen-bond donors (Lipinski definition) is 1. The van der Waals surface area contributed by atoms with Gasteiger partial charge in [0.25, 0.3) is 0 Å². The molecule has 5 heteroatoms. The van der Waals surface area contributed by atoms with Crippen LogP contribution in [0.4, 0.5) is 5.69 Å². The van der Waals surface area contributed by atoms with Crippen LogP contribution in [-0.4, -0.2) is 5.09 Å². The lowest BCUT2D eigenvalue weighted by Crippen LogP contribution is -2.69. The quantitative estimate of drug-likeness (QED) is 0.361. The van der Waals surface area contributed by atoms with Crippen LogP contribution < -0.4 is 5.32 Å². The highest BCUT2D eigenvalue weighted by Gasteiger charge is 2.04. The zero-order chi connectivity index (χ0) is 9.68. The monoisotopic (exact) mass is 180 g/mol. The lowest BCUT2D eigenvalue weighted by atomic mass is 10.2. The number of rotatable bonds is 0. The summed E-state index contributed by atoms with van der Waals surface area (Å²) in [7, 11) is 0. The van der Waals surface area contributed by atoms with Crippen molar-refractivity contribution < 1.29 is 10.4 Å². The van der Waals surface area contributed by atoms with Crippen molar-refractivity contribution in [2.75, 3.05) is 0 Å². The molecule has 0 aromatic heterocycles. The fourth-order valence-corrected chi connectivity index (χ4v) is 1.07. The van der Waals surface area contributed by atoms with Gasteiger partial charge >= 0.3 is 0 Å². The van der Waals surface area contributed by atoms with Crippen LogP contribution in [0.1, 0.15) is 5.56 Å². The van der Waals surface area contributed by atoms with E-state index in [0.29, 0.717) is 0 Å². The third kappa shape index (κ3) is 2.92. The molecule has 0 atom stereocenters. The van der Waals surface area contributed by atoms with Crippen LogP contribution >= 0.6 is 0 Å². The summed E-state index contributed by atoms with van der Waals surface area (Å²) >= 11 is 0. The molecule has 0 amide bonds. The molecule has 1 aromatic rings. The lowest BCUT2D eigenvalue weighted by molar-refractivity contribution is -0.491. The van der Waals surface area contributed by atoms with Gasteiger partial charge in [0.05, 0.1) is 11.3 Å². The predicted molar refractivity (Wildman–Crippen MR) is 47.4 cm³/mol. The van der Waals surface area contributed by atoms with Gasteiger partial charge in [0.2, 0.25) is 0 Å². The van der Waals surface area contributed by atoms with Crippen LogP contribution in [-0.2, 0) is 0 Å². The van der Waals surface area contributed by atoms with E-state index in [1.165, 1.54) is 11.3 Å². The number of nitrogens with zero attached hydrogens (tertiary/aromatic N) is 1. The van der Waals surface area contributed by atoms with E-state index in [0.717, 1.165) is 0 Å². The van der Waals surface area contributed by atoms with Gasteiger partial charge in [-0.2, -0.15) is 0 Å². The maximum Gasteiger partial charge on any atom is 0.141 e. The van der Waals surface area contributed by atoms with Crippen molar-refractivity contribution in [2.45, 2.75) is 0 Å². The van der Waals surface area contributed by atoms with Gasteiger partial charge in [-0.15, -0.1) is 0 Å². The van der Waals surface area contributed by atoms with Gasteiger partial charge in [0.1, 0.15) is 5.69 Å². The molecule has 13 heavy (non-hydrogen) atoms. The SMILES string of the molecule is C1=Cc2ccccc2[NH2+]1.O=[N+]([O-])[O-]. The van der Waals surface area contributed by atoms with Crippen molar-refractivity contribution in [3.05, 3.63) is 51.4 Å². The van der Waals surface area contributed by atoms with E-state index in [2.05, 4.69) is 41.9 Å². The molecule has 0 saturated heterocycles. The smallest absolute Gasteiger partial charge is 0.141 e. The van der Waals surface area contributed by atoms with Crippen molar-refractivity contribution >= 4 is 11.8 Å². The summed E-state index contributed by atoms with van der Waals surface area (Å²) in [6, 6.07) is 8.36. The highest BCUT2D eigenvalue weighted by atomic mass is 16.9. The Morgan fingerprint density at radius 1 is 1.23 bits per heavy atom. The Morgan fingerprint density at radius 2 is 1.85 bits per heavy atom. The van der Waals surface area contributed by atoms with Crippen LogP contribution in [0.5, 0.6) is 0 Å². The third-order valence-electron chi connectivity index (χ3n) is 1.55. The molecule has 1 aromatic carbocycles. The second-order valence-corrected chi connectivity index (χ2v) is 2.38. The summed E-state index contributed by atoms with van der Waals surface area (Å²) < 4.78 is 0. The maximum absolute atomic E-state index is 8.25. The molecule has 0 radical (unpaired) electrons. The van der Waals surface area contributed by atoms with Crippen molar-refractivity contribution in [1.29, 1.82) is 0 Å². The van der Waals surface area contributed by atoms with E-state index in [1.807, 2.05) is 0 Å². The molecule has 1 heterocycles. The molecule has 0 unspecified atom stereocenters. The van der Waals surface area contributed by atoms with Crippen LogP contribution in [0, 0.1) is 15.3 Å². The summed E-state index contributed by atoms with van der Waals surface area (Å²) in [6.45, 7) is 0. The van der Waals surface area contributed by atoms with E-state index < -0.39 is 5.09 Å². The van der Waals surface area contributed by atoms with Gasteiger partial charge in [0, 0.05) is 17.7 Å². The van der Waals surface area contributed by atoms with Crippen molar-refractivity contribution in [3.8, 4) is 0 Å². The Labute approximate surface area is 74.4 Å². The zero-order valence-electron chi connectivity index (χ0n) is 6.71. The van der Waals surface area contributed by atoms with Gasteiger partial charge in [-0.1, -0.05) is 12.1 Å². The summed E-state index contributed by atoms with van der Waals surface area (Å²) in [4.78, 5) is 8.25. The molecule has 0 fully saturated rings. The Morgan fingerprint density at radius 3 is 2.46 bits per heavy atom. The van der Waals surface area contributed by atoms with Gasteiger partial charge in [0.15, 0.2) is 0 Å². The van der Waals surface area contributed by atoms with Gasteiger partial charge in [-0.25, -0.2) is 0 Å². The molecule has 0 bridgehead atoms. The molecular weight excluding hydrogens is 172 g/mol. The van der Waals surface area contributed by atoms with Gasteiger partial charge < -0.3 is 15.3 Å². The maximum atomic E-state index is 8.25. The number of para-hydroxylation sites is 1. The second-order valence-electron chi connectivity index (χ2n) is 2.38. The molecular formula is C8H8N2O3. The predicted octanol–water partition coefficient (Wildman–Crippen LogP) is 0.627. The van der Waals surface area contributed by atoms with E-state index in [1.54, 1.807) is 0 Å². The molecule has 68 valence electrons. The summed E-state index contributed by atoms with van der Waals surface area (Å²) in [6.07, 6.45) is 4.19. The summed E-state index contributed by atoms with van der Waals surface area (Å²) in [5.41, 5.74) is 2.66. The van der Waals surface area contributed by atoms with E-state index in [4.69, 9.17) is 15.3 Å². The Bertz CT molecular complexity index is 332. The summed E-state index contributed by atoms with van der Waals surface area (Å²) in [5, 5.41) is 16.9. The number of nitrogens with two attached hydrogens (primary N) is 1. The van der Waals surface area contributed by atoms with Crippen molar-refractivity contribution in [3.63, 3.8) is 0 Å². The average Bonchev–Trinajstić information content (AvgIpc) is 2.49. The largest absolute Gasteiger partial charge is 0.356 e. The number of fused-ring (bicyclic) bond motifs is 1. The minimum Gasteiger partial charge on any atom is -0.356 e. The lowest BCUT2D eigenvalue weighted by Gasteiger charge is -1.89. The van der Waals surface area contributed by atoms with Crippen LogP contribution in [0.2, 0.25) is 0 Å². The minimum atomic E-state index is -1.75. The fourth-order valence-electron chi connectivity index (χ4n) is 1.07. The first-order valence-corrected chi connectivity index (χ1v) is 3.62. The molecule has 0 aliphatic carbocycles. The van der Waals surface area contributed by atoms with Gasteiger partial charge in [-0.3, -0.25) is 5.32 Å². The Hall–Kier alpha value is -1.88. The minimum absolute atomic E-state index is 1.33. The van der Waals surface area contributed by atoms with Crippen LogP contribution in [0.15, 0.2) is 30.5 Å². The molecule has 1 aliphatic rings. The third-order valence-corrected chi connectivity index (χ3v) is 1.55. The Kier molecular flexibility index (Phi) is 2.99. The average molecular weight is 180 g/mol. The highest BCUT2D eigenvalue weighted by Crippen LogP contribution is 2.13. The molecule has 2 rings (SSSR count). The first kappa shape index (κ1) is 9.21. The van der Waals surface area contributed by atoms with Crippen molar-refractivity contribution in [2.24, 2.45) is 0 Å². The first-order chi connectivity index (χ1) is 6.20. The van der Waals surface area contributed by atoms with E-state index in [9.17, 15) is 0 Å². The van der Waals surface area contributed by atoms with Gasteiger partial charge in [-0.05, 0) is 6.07 Å². The second kappa shape index (κ2) is 4.22. The Balaban J connectivity index is 0.000000184. The first-order valence-electron chi connectivity index (χ1n) is 3.62. The highest BCUT2D eigenvalue weighted by molar-refractivity contribution is 5.62. The molecule has 0 saturated carbocycles. The topological polar surface area (TPSA) is 82.8 Å². The van der Waals surface area contributed by atoms with Crippen molar-refractivity contribution in [1.82, 2.24) is 0 Å². The number of benzene rings is 1.